The van der Waals surface area contributed by atoms with E-state index in [4.69, 9.17) is 10.2 Å². The van der Waals surface area contributed by atoms with Crippen LogP contribution < -0.4 is 5.73 Å². The molecular formula is C9H14BrNO. The Bertz CT molecular complexity index is 244. The average Bonchev–Trinajstić information content (AvgIpc) is 2.34. The van der Waals surface area contributed by atoms with Crippen molar-refractivity contribution >= 4 is 15.9 Å². The molecule has 1 heterocycles. The van der Waals surface area contributed by atoms with Crippen molar-refractivity contribution in [3.05, 3.63) is 22.6 Å². The Morgan fingerprint density at radius 3 is 2.58 bits per heavy atom. The Hall–Kier alpha value is -0.280. The summed E-state index contributed by atoms with van der Waals surface area (Å²) in [6, 6.07) is 3.81. The van der Waals surface area contributed by atoms with E-state index in [1.165, 1.54) is 0 Å². The quantitative estimate of drug-likeness (QED) is 0.869. The van der Waals surface area contributed by atoms with Gasteiger partial charge in [-0.3, -0.25) is 0 Å². The van der Waals surface area contributed by atoms with E-state index >= 15 is 0 Å². The molecule has 0 spiro atoms. The molecule has 0 aliphatic heterocycles. The molecule has 0 saturated heterocycles. The Balaban J connectivity index is 2.58. The molecule has 0 aliphatic rings. The summed E-state index contributed by atoms with van der Waals surface area (Å²) in [7, 11) is 0. The van der Waals surface area contributed by atoms with E-state index < -0.39 is 0 Å². The van der Waals surface area contributed by atoms with Crippen LogP contribution in [0.15, 0.2) is 21.2 Å². The molecule has 12 heavy (non-hydrogen) atoms. The summed E-state index contributed by atoms with van der Waals surface area (Å²) in [5, 5.41) is 0. The lowest BCUT2D eigenvalue weighted by molar-refractivity contribution is 0.406. The van der Waals surface area contributed by atoms with Crippen LogP contribution in [0.4, 0.5) is 0 Å². The molecule has 1 rings (SSSR count). The lowest BCUT2D eigenvalue weighted by Crippen LogP contribution is -2.11. The Kier molecular flexibility index (Phi) is 3.35. The van der Waals surface area contributed by atoms with Gasteiger partial charge in [0.05, 0.1) is 6.04 Å². The van der Waals surface area contributed by atoms with Crippen LogP contribution in [0, 0.1) is 5.92 Å². The molecule has 1 aromatic rings. The van der Waals surface area contributed by atoms with Gasteiger partial charge in [0, 0.05) is 0 Å². The van der Waals surface area contributed by atoms with Crippen LogP contribution in [0.1, 0.15) is 32.1 Å². The van der Waals surface area contributed by atoms with Crippen molar-refractivity contribution in [2.45, 2.75) is 26.3 Å². The standard InChI is InChI=1S/C9H14BrNO/c1-6(2)5-7(11)8-3-4-9(10)12-8/h3-4,6-7H,5,11H2,1-2H3. The summed E-state index contributed by atoms with van der Waals surface area (Å²) in [5.74, 6) is 1.46. The highest BCUT2D eigenvalue weighted by Crippen LogP contribution is 2.23. The van der Waals surface area contributed by atoms with Crippen LogP contribution in [0.5, 0.6) is 0 Å². The average molecular weight is 232 g/mol. The maximum absolute atomic E-state index is 5.89. The predicted molar refractivity (Wildman–Crippen MR) is 52.8 cm³/mol. The van der Waals surface area contributed by atoms with Gasteiger partial charge >= 0.3 is 0 Å². The first-order chi connectivity index (χ1) is 5.59. The summed E-state index contributed by atoms with van der Waals surface area (Å²) >= 11 is 3.24. The van der Waals surface area contributed by atoms with Crippen LogP contribution in [0.3, 0.4) is 0 Å². The minimum atomic E-state index is 0.0244. The van der Waals surface area contributed by atoms with Crippen LogP contribution in [0.2, 0.25) is 0 Å². The van der Waals surface area contributed by atoms with Gasteiger partial charge in [0.2, 0.25) is 0 Å². The minimum Gasteiger partial charge on any atom is -0.453 e. The number of furan rings is 1. The van der Waals surface area contributed by atoms with Crippen molar-refractivity contribution in [1.29, 1.82) is 0 Å². The minimum absolute atomic E-state index is 0.0244. The van der Waals surface area contributed by atoms with E-state index in [-0.39, 0.29) is 6.04 Å². The zero-order chi connectivity index (χ0) is 9.14. The van der Waals surface area contributed by atoms with E-state index in [0.29, 0.717) is 5.92 Å². The van der Waals surface area contributed by atoms with Crippen molar-refractivity contribution < 1.29 is 4.42 Å². The molecule has 2 N–H and O–H groups in total. The van der Waals surface area contributed by atoms with Gasteiger partial charge in [-0.1, -0.05) is 13.8 Å². The molecule has 0 aromatic carbocycles. The third-order valence-corrected chi connectivity index (χ3v) is 2.11. The van der Waals surface area contributed by atoms with E-state index in [2.05, 4.69) is 29.8 Å². The maximum atomic E-state index is 5.89. The molecule has 0 radical (unpaired) electrons. The number of halogens is 1. The van der Waals surface area contributed by atoms with E-state index in [1.807, 2.05) is 12.1 Å². The van der Waals surface area contributed by atoms with E-state index in [9.17, 15) is 0 Å². The van der Waals surface area contributed by atoms with Crippen LogP contribution in [-0.4, -0.2) is 0 Å². The van der Waals surface area contributed by atoms with Crippen molar-refractivity contribution in [1.82, 2.24) is 0 Å². The van der Waals surface area contributed by atoms with Gasteiger partial charge in [0.25, 0.3) is 0 Å². The third kappa shape index (κ3) is 2.64. The molecule has 1 atom stereocenters. The fourth-order valence-corrected chi connectivity index (χ4v) is 1.47. The maximum Gasteiger partial charge on any atom is 0.169 e. The first-order valence-electron chi connectivity index (χ1n) is 4.10. The smallest absolute Gasteiger partial charge is 0.169 e. The highest BCUT2D eigenvalue weighted by molar-refractivity contribution is 9.10. The SMILES string of the molecule is CC(C)CC(N)c1ccc(Br)o1. The first-order valence-corrected chi connectivity index (χ1v) is 4.89. The number of rotatable bonds is 3. The molecule has 0 aliphatic carbocycles. The fraction of sp³-hybridized carbons (Fsp3) is 0.556. The number of nitrogens with two attached hydrogens (primary N) is 1. The monoisotopic (exact) mass is 231 g/mol. The normalized spacial score (nSPS) is 13.8. The van der Waals surface area contributed by atoms with Crippen molar-refractivity contribution in [3.8, 4) is 0 Å². The zero-order valence-corrected chi connectivity index (χ0v) is 8.97. The second kappa shape index (κ2) is 4.10. The van der Waals surface area contributed by atoms with Crippen molar-refractivity contribution in [2.75, 3.05) is 0 Å². The summed E-state index contributed by atoms with van der Waals surface area (Å²) in [5.41, 5.74) is 5.89. The third-order valence-electron chi connectivity index (χ3n) is 1.68. The van der Waals surface area contributed by atoms with E-state index in [0.717, 1.165) is 16.9 Å². The van der Waals surface area contributed by atoms with Crippen molar-refractivity contribution in [3.63, 3.8) is 0 Å². The molecule has 0 bridgehead atoms. The molecule has 1 unspecified atom stereocenters. The highest BCUT2D eigenvalue weighted by atomic mass is 79.9. The number of hydrogen-bond donors (Lipinski definition) is 1. The van der Waals surface area contributed by atoms with Gasteiger partial charge in [0.15, 0.2) is 4.67 Å². The van der Waals surface area contributed by atoms with Gasteiger partial charge in [-0.2, -0.15) is 0 Å². The van der Waals surface area contributed by atoms with Gasteiger partial charge in [0.1, 0.15) is 5.76 Å². The summed E-state index contributed by atoms with van der Waals surface area (Å²) < 4.78 is 6.08. The van der Waals surface area contributed by atoms with Gasteiger partial charge in [-0.25, -0.2) is 0 Å². The summed E-state index contributed by atoms with van der Waals surface area (Å²) in [6.45, 7) is 4.30. The Morgan fingerprint density at radius 2 is 2.17 bits per heavy atom. The molecule has 0 fully saturated rings. The topological polar surface area (TPSA) is 39.2 Å². The van der Waals surface area contributed by atoms with Gasteiger partial charge in [-0.05, 0) is 40.4 Å². The van der Waals surface area contributed by atoms with Crippen LogP contribution >= 0.6 is 15.9 Å². The van der Waals surface area contributed by atoms with Gasteiger partial charge in [-0.15, -0.1) is 0 Å². The second-order valence-corrected chi connectivity index (χ2v) is 4.16. The van der Waals surface area contributed by atoms with Crippen LogP contribution in [0.25, 0.3) is 0 Å². The Morgan fingerprint density at radius 1 is 1.50 bits per heavy atom. The first kappa shape index (κ1) is 9.81. The van der Waals surface area contributed by atoms with Crippen LogP contribution in [-0.2, 0) is 0 Å². The highest BCUT2D eigenvalue weighted by Gasteiger charge is 2.11. The Labute approximate surface area is 81.3 Å². The van der Waals surface area contributed by atoms with Crippen molar-refractivity contribution in [2.24, 2.45) is 11.7 Å². The molecule has 0 amide bonds. The lowest BCUT2D eigenvalue weighted by atomic mass is 10.0. The van der Waals surface area contributed by atoms with E-state index in [1.54, 1.807) is 0 Å². The molecule has 3 heteroatoms. The molecule has 2 nitrogen and oxygen atoms in total. The molecule has 0 saturated carbocycles. The molecule has 68 valence electrons. The van der Waals surface area contributed by atoms with Gasteiger partial charge < -0.3 is 10.2 Å². The fourth-order valence-electron chi connectivity index (χ4n) is 1.15. The summed E-state index contributed by atoms with van der Waals surface area (Å²) in [6.07, 6.45) is 0.958. The summed E-state index contributed by atoms with van der Waals surface area (Å²) in [4.78, 5) is 0. The second-order valence-electron chi connectivity index (χ2n) is 3.38. The molecular weight excluding hydrogens is 218 g/mol. The molecule has 1 aromatic heterocycles. The number of hydrogen-bond acceptors (Lipinski definition) is 2. The lowest BCUT2D eigenvalue weighted by Gasteiger charge is -2.10. The zero-order valence-electron chi connectivity index (χ0n) is 7.38. The predicted octanol–water partition coefficient (Wildman–Crippen LogP) is 3.09. The largest absolute Gasteiger partial charge is 0.453 e.